The molecule has 136 valence electrons. The van der Waals surface area contributed by atoms with Crippen LogP contribution in [0.15, 0.2) is 30.3 Å². The average molecular weight is 343 g/mol. The molecule has 2 rings (SSSR count). The van der Waals surface area contributed by atoms with Crippen LogP contribution >= 0.6 is 0 Å². The van der Waals surface area contributed by atoms with Gasteiger partial charge in [0, 0.05) is 24.1 Å². The first kappa shape index (κ1) is 19.2. The average Bonchev–Trinajstić information content (AvgIpc) is 2.90. The van der Waals surface area contributed by atoms with Gasteiger partial charge in [0.15, 0.2) is 0 Å². The van der Waals surface area contributed by atoms with E-state index in [0.717, 1.165) is 22.5 Å². The highest BCUT2D eigenvalue weighted by Crippen LogP contribution is 2.21. The Morgan fingerprint density at radius 2 is 1.92 bits per heavy atom. The van der Waals surface area contributed by atoms with Crippen LogP contribution in [0.3, 0.4) is 0 Å². The van der Waals surface area contributed by atoms with Gasteiger partial charge in [0.1, 0.15) is 0 Å². The van der Waals surface area contributed by atoms with Crippen molar-refractivity contribution >= 4 is 5.91 Å². The molecule has 25 heavy (non-hydrogen) atoms. The summed E-state index contributed by atoms with van der Waals surface area (Å²) in [5.41, 5.74) is 4.23. The fourth-order valence-electron chi connectivity index (χ4n) is 3.15. The second-order valence-electron chi connectivity index (χ2n) is 6.96. The maximum atomic E-state index is 12.5. The normalized spacial score (nSPS) is 14.8. The molecule has 0 bridgehead atoms. The summed E-state index contributed by atoms with van der Waals surface area (Å²) in [5, 5.41) is 20.0. The predicted molar refractivity (Wildman–Crippen MR) is 99.4 cm³/mol. The van der Waals surface area contributed by atoms with Crippen LogP contribution in [0.1, 0.15) is 48.7 Å². The quantitative estimate of drug-likeness (QED) is 0.690. The van der Waals surface area contributed by atoms with Gasteiger partial charge in [0.2, 0.25) is 5.91 Å². The van der Waals surface area contributed by atoms with Crippen LogP contribution in [0.25, 0.3) is 0 Å². The predicted octanol–water partition coefficient (Wildman–Crippen LogP) is 2.88. The molecule has 1 heterocycles. The Balaban J connectivity index is 1.96. The second kappa shape index (κ2) is 8.81. The van der Waals surface area contributed by atoms with E-state index in [2.05, 4.69) is 15.5 Å². The highest BCUT2D eigenvalue weighted by atomic mass is 16.3. The molecule has 0 aliphatic carbocycles. The number of H-pyrrole nitrogens is 1. The zero-order valence-corrected chi connectivity index (χ0v) is 15.5. The summed E-state index contributed by atoms with van der Waals surface area (Å²) < 4.78 is 0. The number of nitrogens with zero attached hydrogens (tertiary/aromatic N) is 1. The topological polar surface area (TPSA) is 78.0 Å². The number of hydrogen-bond donors (Lipinski definition) is 3. The van der Waals surface area contributed by atoms with Gasteiger partial charge in [-0.25, -0.2) is 0 Å². The number of carbonyl (C=O) groups excluding carboxylic acids is 1. The van der Waals surface area contributed by atoms with E-state index in [1.807, 2.05) is 51.1 Å². The number of hydrogen-bond acceptors (Lipinski definition) is 3. The lowest BCUT2D eigenvalue weighted by Gasteiger charge is -2.21. The molecular formula is C20H29N3O2. The van der Waals surface area contributed by atoms with Crippen molar-refractivity contribution in [3.05, 3.63) is 52.8 Å². The van der Waals surface area contributed by atoms with Crippen LogP contribution < -0.4 is 5.32 Å². The van der Waals surface area contributed by atoms with E-state index in [1.54, 1.807) is 6.92 Å². The van der Waals surface area contributed by atoms with Gasteiger partial charge >= 0.3 is 0 Å². The molecule has 1 aromatic carbocycles. The Bertz CT molecular complexity index is 660. The van der Waals surface area contributed by atoms with Gasteiger partial charge in [0.05, 0.1) is 11.8 Å². The second-order valence-corrected chi connectivity index (χ2v) is 6.96. The molecule has 1 aromatic heterocycles. The van der Waals surface area contributed by atoms with Crippen molar-refractivity contribution in [1.29, 1.82) is 0 Å². The summed E-state index contributed by atoms with van der Waals surface area (Å²) in [6, 6.07) is 10.0. The van der Waals surface area contributed by atoms with Gasteiger partial charge in [-0.05, 0) is 44.7 Å². The molecule has 3 unspecified atom stereocenters. The molecular weight excluding hydrogens is 314 g/mol. The lowest BCUT2D eigenvalue weighted by Crippen LogP contribution is -2.34. The SMILES string of the molecule is Cc1n[nH]c(C)c1CC(C)C(=O)NCC(CC(C)O)c1ccccc1. The summed E-state index contributed by atoms with van der Waals surface area (Å²) in [4.78, 5) is 12.5. The fraction of sp³-hybridized carbons (Fsp3) is 0.500. The molecule has 3 N–H and O–H groups in total. The monoisotopic (exact) mass is 343 g/mol. The summed E-state index contributed by atoms with van der Waals surface area (Å²) in [6.07, 6.45) is 0.890. The summed E-state index contributed by atoms with van der Waals surface area (Å²) in [7, 11) is 0. The number of aryl methyl sites for hydroxylation is 2. The van der Waals surface area contributed by atoms with Gasteiger partial charge in [-0.2, -0.15) is 5.10 Å². The molecule has 0 fully saturated rings. The number of carbonyl (C=O) groups is 1. The van der Waals surface area contributed by atoms with Crippen molar-refractivity contribution in [2.24, 2.45) is 5.92 Å². The van der Waals surface area contributed by atoms with Crippen molar-refractivity contribution in [3.63, 3.8) is 0 Å². The molecule has 5 heteroatoms. The van der Waals surface area contributed by atoms with Crippen molar-refractivity contribution < 1.29 is 9.90 Å². The summed E-state index contributed by atoms with van der Waals surface area (Å²) >= 11 is 0. The van der Waals surface area contributed by atoms with E-state index in [1.165, 1.54) is 0 Å². The van der Waals surface area contributed by atoms with Crippen LogP contribution in [0, 0.1) is 19.8 Å². The zero-order chi connectivity index (χ0) is 18.4. The smallest absolute Gasteiger partial charge is 0.223 e. The van der Waals surface area contributed by atoms with Crippen molar-refractivity contribution in [2.75, 3.05) is 6.54 Å². The van der Waals surface area contributed by atoms with E-state index >= 15 is 0 Å². The van der Waals surface area contributed by atoms with Gasteiger partial charge in [-0.1, -0.05) is 37.3 Å². The number of aliphatic hydroxyl groups is 1. The lowest BCUT2D eigenvalue weighted by molar-refractivity contribution is -0.124. The largest absolute Gasteiger partial charge is 0.393 e. The molecule has 1 amide bonds. The number of amides is 1. The molecule has 0 aliphatic rings. The fourth-order valence-corrected chi connectivity index (χ4v) is 3.15. The van der Waals surface area contributed by atoms with E-state index in [4.69, 9.17) is 0 Å². The van der Waals surface area contributed by atoms with E-state index in [9.17, 15) is 9.90 Å². The third kappa shape index (κ3) is 5.43. The third-order valence-corrected chi connectivity index (χ3v) is 4.66. The van der Waals surface area contributed by atoms with Crippen molar-refractivity contribution in [3.8, 4) is 0 Å². The van der Waals surface area contributed by atoms with Crippen LogP contribution in [0.2, 0.25) is 0 Å². The molecule has 0 saturated carbocycles. The minimum atomic E-state index is -0.407. The van der Waals surface area contributed by atoms with E-state index < -0.39 is 6.10 Å². The number of rotatable bonds is 8. The minimum Gasteiger partial charge on any atom is -0.393 e. The van der Waals surface area contributed by atoms with Crippen LogP contribution in [-0.2, 0) is 11.2 Å². The summed E-state index contributed by atoms with van der Waals surface area (Å²) in [6.45, 7) is 8.19. The Labute approximate surface area is 149 Å². The maximum Gasteiger partial charge on any atom is 0.223 e. The van der Waals surface area contributed by atoms with Gasteiger partial charge in [0.25, 0.3) is 0 Å². The Morgan fingerprint density at radius 1 is 1.24 bits per heavy atom. The Hall–Kier alpha value is -2.14. The van der Waals surface area contributed by atoms with Crippen LogP contribution in [0.4, 0.5) is 0 Å². The number of benzene rings is 1. The van der Waals surface area contributed by atoms with Crippen molar-refractivity contribution in [1.82, 2.24) is 15.5 Å². The van der Waals surface area contributed by atoms with Gasteiger partial charge in [-0.3, -0.25) is 9.89 Å². The lowest BCUT2D eigenvalue weighted by atomic mass is 9.93. The first-order valence-electron chi connectivity index (χ1n) is 8.89. The molecule has 2 aromatic rings. The van der Waals surface area contributed by atoms with Crippen LogP contribution in [0.5, 0.6) is 0 Å². The molecule has 3 atom stereocenters. The zero-order valence-electron chi connectivity index (χ0n) is 15.5. The van der Waals surface area contributed by atoms with Crippen LogP contribution in [-0.4, -0.2) is 33.9 Å². The first-order valence-corrected chi connectivity index (χ1v) is 8.89. The Kier molecular flexibility index (Phi) is 6.76. The minimum absolute atomic E-state index is 0.0338. The third-order valence-electron chi connectivity index (χ3n) is 4.66. The highest BCUT2D eigenvalue weighted by molar-refractivity contribution is 5.78. The number of nitrogens with one attached hydrogen (secondary N) is 2. The van der Waals surface area contributed by atoms with E-state index in [0.29, 0.717) is 19.4 Å². The molecule has 0 saturated heterocycles. The highest BCUT2D eigenvalue weighted by Gasteiger charge is 2.20. The molecule has 5 nitrogen and oxygen atoms in total. The van der Waals surface area contributed by atoms with Gasteiger partial charge in [-0.15, -0.1) is 0 Å². The summed E-state index contributed by atoms with van der Waals surface area (Å²) in [5.74, 6) is 0.0132. The number of aromatic amines is 1. The van der Waals surface area contributed by atoms with Gasteiger partial charge < -0.3 is 10.4 Å². The number of aromatic nitrogens is 2. The van der Waals surface area contributed by atoms with E-state index in [-0.39, 0.29) is 17.7 Å². The van der Waals surface area contributed by atoms with Crippen molar-refractivity contribution in [2.45, 2.75) is 52.6 Å². The molecule has 0 radical (unpaired) electrons. The maximum absolute atomic E-state index is 12.5. The standard InChI is InChI=1S/C20H29N3O2/c1-13(10-19-15(3)22-23-16(19)4)20(25)21-12-18(11-14(2)24)17-8-6-5-7-9-17/h5-9,13-14,18,24H,10-12H2,1-4H3,(H,21,25)(H,22,23). The first-order chi connectivity index (χ1) is 11.9. The molecule has 0 aliphatic heterocycles. The number of aliphatic hydroxyl groups excluding tert-OH is 1. The Morgan fingerprint density at radius 3 is 2.48 bits per heavy atom. The molecule has 0 spiro atoms.